The van der Waals surface area contributed by atoms with Crippen molar-refractivity contribution in [1.29, 1.82) is 0 Å². The number of fused-ring (bicyclic) bond motifs is 5. The Hall–Kier alpha value is -2.32. The van der Waals surface area contributed by atoms with Crippen LogP contribution in [0.25, 0.3) is 21.5 Å². The van der Waals surface area contributed by atoms with Crippen molar-refractivity contribution in [2.75, 3.05) is 19.8 Å². The van der Waals surface area contributed by atoms with Gasteiger partial charge in [0.1, 0.15) is 0 Å². The second kappa shape index (κ2) is 32.6. The fourth-order valence-corrected chi connectivity index (χ4v) is 7.44. The summed E-state index contributed by atoms with van der Waals surface area (Å²) in [6.45, 7) is 13.5. The van der Waals surface area contributed by atoms with Crippen molar-refractivity contribution in [2.24, 2.45) is 0 Å². The molecule has 1 aliphatic carbocycles. The Balaban J connectivity index is 0.000000701. The zero-order valence-corrected chi connectivity index (χ0v) is 33.9. The van der Waals surface area contributed by atoms with Gasteiger partial charge in [0, 0.05) is 26.7 Å². The van der Waals surface area contributed by atoms with Gasteiger partial charge in [-0.15, -0.1) is 0 Å². The number of aryl methyl sites for hydroxylation is 2. The van der Waals surface area contributed by atoms with E-state index in [1.807, 2.05) is 20.8 Å². The van der Waals surface area contributed by atoms with E-state index in [-0.39, 0.29) is 4.70 Å². The van der Waals surface area contributed by atoms with Gasteiger partial charge in [0.05, 0.1) is 0 Å². The minimum Gasteiger partial charge on any atom is -0.481 e. The van der Waals surface area contributed by atoms with Crippen molar-refractivity contribution in [2.45, 2.75) is 164 Å². The molecule has 4 rings (SSSR count). The maximum Gasteiger partial charge on any atom is 0.484 e. The van der Waals surface area contributed by atoms with E-state index in [4.69, 9.17) is 23.2 Å². The summed E-state index contributed by atoms with van der Waals surface area (Å²) >= 11 is 0. The van der Waals surface area contributed by atoms with Crippen molar-refractivity contribution >= 4 is 37.0 Å². The predicted molar refractivity (Wildman–Crippen MR) is 217 cm³/mol. The largest absolute Gasteiger partial charge is 0.484 e. The minimum atomic E-state index is -1.73. The third-order valence-corrected chi connectivity index (χ3v) is 10.7. The van der Waals surface area contributed by atoms with E-state index < -0.39 is 15.5 Å². The van der Waals surface area contributed by atoms with Crippen LogP contribution in [0.3, 0.4) is 0 Å². The molecule has 0 fully saturated rings. The number of unbranched alkanes of at least 4 members (excludes halogenated alkanes) is 14. The summed E-state index contributed by atoms with van der Waals surface area (Å²) in [5.41, 5.74) is 3.17. The molecule has 0 unspecified atom stereocenters. The zero-order valence-electron chi connectivity index (χ0n) is 32.7. The van der Waals surface area contributed by atoms with Crippen LogP contribution >= 0.6 is 0 Å². The van der Waals surface area contributed by atoms with Crippen molar-refractivity contribution in [3.63, 3.8) is 0 Å². The van der Waals surface area contributed by atoms with Crippen LogP contribution in [-0.4, -0.2) is 40.4 Å². The average molecular weight is 717 g/mol. The van der Waals surface area contributed by atoms with Gasteiger partial charge in [0.15, 0.2) is 0 Å². The standard InChI is InChI=1S/C18H16.C17H36.C6H16O3Si.C2H4O2.FH/c1-3-7-15-13(5-1)9-11-18-16-8-4-2-6-14(16)10-12-17(15)18;1-3-5-7-9-11-13-15-17-16-14-12-10-8-6-4-2;1-4-7-10(8-5-2)9-6-3;1-2(3)4;/h1,3,5,7,9-12H,2,4,6,8H2;3-17H2,1-2H3;10H,4-6H2,1-3H3;1H3,(H,3,4);1H. The topological polar surface area (TPSA) is 65.0 Å². The fraction of sp³-hybridized carbons (Fsp3) is 0.651. The Bertz CT molecular complexity index is 1200. The van der Waals surface area contributed by atoms with E-state index in [1.54, 1.807) is 11.1 Å². The first-order valence-electron chi connectivity index (χ1n) is 19.9. The third-order valence-electron chi connectivity index (χ3n) is 8.87. The first-order valence-corrected chi connectivity index (χ1v) is 21.3. The number of benzene rings is 3. The van der Waals surface area contributed by atoms with Gasteiger partial charge in [-0.2, -0.15) is 0 Å². The normalized spacial score (nSPS) is 11.7. The summed E-state index contributed by atoms with van der Waals surface area (Å²) in [5.74, 6) is -0.833. The summed E-state index contributed by atoms with van der Waals surface area (Å²) < 4.78 is 15.7. The van der Waals surface area contributed by atoms with Crippen LogP contribution in [0.2, 0.25) is 0 Å². The lowest BCUT2D eigenvalue weighted by molar-refractivity contribution is -0.134. The highest BCUT2D eigenvalue weighted by atomic mass is 28.3. The molecule has 0 bridgehead atoms. The Morgan fingerprint density at radius 2 is 1.00 bits per heavy atom. The smallest absolute Gasteiger partial charge is 0.481 e. The summed E-state index contributed by atoms with van der Waals surface area (Å²) in [6, 6.07) is 18.0. The van der Waals surface area contributed by atoms with Crippen LogP contribution in [0.1, 0.15) is 162 Å². The number of halogens is 1. The van der Waals surface area contributed by atoms with Crippen LogP contribution in [0.15, 0.2) is 48.5 Å². The summed E-state index contributed by atoms with van der Waals surface area (Å²) in [6.07, 6.45) is 27.1. The summed E-state index contributed by atoms with van der Waals surface area (Å²) in [4.78, 5) is 9.00. The van der Waals surface area contributed by atoms with Crippen LogP contribution in [0, 0.1) is 0 Å². The molecule has 3 aromatic rings. The van der Waals surface area contributed by atoms with Crippen LogP contribution in [0.5, 0.6) is 0 Å². The summed E-state index contributed by atoms with van der Waals surface area (Å²) in [7, 11) is -1.73. The van der Waals surface area contributed by atoms with Crippen LogP contribution in [-0.2, 0) is 30.9 Å². The second-order valence-electron chi connectivity index (χ2n) is 13.1. The quantitative estimate of drug-likeness (QED) is 0.0716. The Kier molecular flexibility index (Phi) is 31.1. The molecule has 0 aliphatic heterocycles. The number of carbonyl (C=O) groups is 1. The van der Waals surface area contributed by atoms with Gasteiger partial charge >= 0.3 is 9.53 Å². The number of rotatable bonds is 20. The van der Waals surface area contributed by atoms with Gasteiger partial charge in [0.25, 0.3) is 5.97 Å². The molecule has 0 radical (unpaired) electrons. The Labute approximate surface area is 307 Å². The monoisotopic (exact) mass is 717 g/mol. The molecule has 0 heterocycles. The lowest BCUT2D eigenvalue weighted by Crippen LogP contribution is -2.27. The number of carboxylic acid groups (broad SMARTS) is 1. The van der Waals surface area contributed by atoms with E-state index in [9.17, 15) is 0 Å². The average Bonchev–Trinajstić information content (AvgIpc) is 3.11. The van der Waals surface area contributed by atoms with Crippen LogP contribution in [0.4, 0.5) is 4.70 Å². The van der Waals surface area contributed by atoms with Crippen LogP contribution < -0.4 is 0 Å². The van der Waals surface area contributed by atoms with E-state index in [0.29, 0.717) is 19.8 Å². The molecule has 0 aromatic heterocycles. The molecule has 286 valence electrons. The lowest BCUT2D eigenvalue weighted by atomic mass is 9.86. The zero-order chi connectivity index (χ0) is 36.0. The molecule has 0 saturated heterocycles. The maximum absolute atomic E-state index is 9.00. The molecule has 3 aromatic carbocycles. The molecule has 1 N–H and O–H groups in total. The van der Waals surface area contributed by atoms with Crippen molar-refractivity contribution < 1.29 is 27.9 Å². The number of carboxylic acids is 1. The second-order valence-corrected chi connectivity index (χ2v) is 14.6. The predicted octanol–water partition coefficient (Wildman–Crippen LogP) is 12.8. The molecule has 0 spiro atoms. The molecule has 7 heteroatoms. The van der Waals surface area contributed by atoms with Gasteiger partial charge in [-0.25, -0.2) is 0 Å². The fourth-order valence-electron chi connectivity index (χ4n) is 6.34. The number of hydrogen-bond donors (Lipinski definition) is 1. The molecular weight excluding hydrogens is 644 g/mol. The molecule has 0 saturated carbocycles. The highest BCUT2D eigenvalue weighted by molar-refractivity contribution is 6.36. The highest BCUT2D eigenvalue weighted by Crippen LogP contribution is 2.33. The molecule has 50 heavy (non-hydrogen) atoms. The van der Waals surface area contributed by atoms with E-state index >= 15 is 0 Å². The van der Waals surface area contributed by atoms with Gasteiger partial charge in [-0.1, -0.05) is 159 Å². The molecule has 0 atom stereocenters. The number of hydrogen-bond acceptors (Lipinski definition) is 4. The van der Waals surface area contributed by atoms with E-state index in [2.05, 4.69) is 62.4 Å². The molecule has 1 aliphatic rings. The van der Waals surface area contributed by atoms with Gasteiger partial charge in [-0.05, 0) is 79.1 Å². The Morgan fingerprint density at radius 1 is 0.580 bits per heavy atom. The van der Waals surface area contributed by atoms with Crippen molar-refractivity contribution in [3.05, 3.63) is 59.7 Å². The molecule has 5 nitrogen and oxygen atoms in total. The van der Waals surface area contributed by atoms with E-state index in [0.717, 1.165) is 6.92 Å². The maximum atomic E-state index is 9.00. The van der Waals surface area contributed by atoms with Gasteiger partial charge in [-0.3, -0.25) is 9.50 Å². The van der Waals surface area contributed by atoms with Crippen molar-refractivity contribution in [1.82, 2.24) is 0 Å². The SMILES string of the molecule is CC(=O)O.CCCCCCCCCCCCCCCCC.CCO[SiH](OCC)OCC.F.c1ccc2c(c1)ccc1c3c(ccc12)CCCC3. The van der Waals surface area contributed by atoms with E-state index in [1.165, 1.54) is 144 Å². The minimum absolute atomic E-state index is 0. The van der Waals surface area contributed by atoms with Gasteiger partial charge < -0.3 is 18.4 Å². The molecule has 0 amide bonds. The van der Waals surface area contributed by atoms with Gasteiger partial charge in [0.2, 0.25) is 0 Å². The molecular formula is C43H73FO5Si. The summed E-state index contributed by atoms with van der Waals surface area (Å²) in [5, 5.41) is 13.1. The van der Waals surface area contributed by atoms with Crippen molar-refractivity contribution in [3.8, 4) is 0 Å². The first kappa shape index (κ1) is 47.7. The highest BCUT2D eigenvalue weighted by Gasteiger charge is 2.13. The Morgan fingerprint density at radius 3 is 1.46 bits per heavy atom. The third kappa shape index (κ3) is 21.8. The lowest BCUT2D eigenvalue weighted by Gasteiger charge is -2.18. The number of aliphatic carboxylic acids is 1. The first-order chi connectivity index (χ1) is 23.9.